The lowest BCUT2D eigenvalue weighted by atomic mass is 9.91. The Bertz CT molecular complexity index is 1330. The molecule has 0 radical (unpaired) electrons. The van der Waals surface area contributed by atoms with Crippen molar-refractivity contribution in [3.05, 3.63) is 107 Å². The van der Waals surface area contributed by atoms with Gasteiger partial charge >= 0.3 is 5.97 Å². The third kappa shape index (κ3) is 31.3. The molecule has 0 saturated heterocycles. The summed E-state index contributed by atoms with van der Waals surface area (Å²) in [5.74, 6) is -4.04. The van der Waals surface area contributed by atoms with E-state index in [0.29, 0.717) is 37.5 Å². The number of nitrogens with one attached hydrogen (secondary N) is 1. The lowest BCUT2D eigenvalue weighted by Crippen LogP contribution is -2.27. The van der Waals surface area contributed by atoms with Gasteiger partial charge in [0.25, 0.3) is 0 Å². The second kappa shape index (κ2) is 40.8. The molecule has 0 bridgehead atoms. The molecule has 7 N–H and O–H groups in total. The number of alkyl halides is 1. The van der Waals surface area contributed by atoms with Crippen LogP contribution in [0.5, 0.6) is 0 Å². The van der Waals surface area contributed by atoms with Crippen LogP contribution in [-0.2, 0) is 9.53 Å². The van der Waals surface area contributed by atoms with Gasteiger partial charge in [-0.15, -0.1) is 11.6 Å². The fraction of sp³-hybridized carbons (Fsp3) is 0.556. The molecule has 3 rings (SSSR count). The molecule has 0 heterocycles. The fourth-order valence-corrected chi connectivity index (χ4v) is 3.76. The third-order valence-corrected chi connectivity index (χ3v) is 8.53. The summed E-state index contributed by atoms with van der Waals surface area (Å²) in [7, 11) is 0. The molecule has 3 aromatic rings. The maximum Gasteiger partial charge on any atom is 0.311 e. The van der Waals surface area contributed by atoms with Crippen LogP contribution in [0.2, 0.25) is 0 Å². The predicted molar refractivity (Wildman–Crippen MR) is 236 cm³/mol. The van der Waals surface area contributed by atoms with Gasteiger partial charge < -0.3 is 26.8 Å². The Morgan fingerprint density at radius 2 is 1.11 bits per heavy atom. The second-order valence-electron chi connectivity index (χ2n) is 13.2. The Labute approximate surface area is 347 Å². The Morgan fingerprint density at radius 3 is 1.39 bits per heavy atom. The molecule has 0 aliphatic rings. The summed E-state index contributed by atoms with van der Waals surface area (Å²) >= 11 is 5.00. The van der Waals surface area contributed by atoms with E-state index in [2.05, 4.69) is 88.4 Å². The Kier molecular flexibility index (Phi) is 48.9. The van der Waals surface area contributed by atoms with Crippen molar-refractivity contribution >= 4 is 23.3 Å². The molecule has 0 saturated carbocycles. The van der Waals surface area contributed by atoms with Gasteiger partial charge in [-0.25, -0.2) is 17.6 Å². The number of ether oxygens (including phenoxy) is 1. The van der Waals surface area contributed by atoms with E-state index in [0.717, 1.165) is 24.4 Å². The minimum atomic E-state index is -1.61. The highest BCUT2D eigenvalue weighted by Gasteiger charge is 2.26. The van der Waals surface area contributed by atoms with Crippen LogP contribution in [0.1, 0.15) is 157 Å². The molecule has 12 heteroatoms. The van der Waals surface area contributed by atoms with Crippen LogP contribution in [0, 0.1) is 34.1 Å². The van der Waals surface area contributed by atoms with Crippen molar-refractivity contribution in [2.45, 2.75) is 140 Å². The SMILES string of the molecule is C.CCC(C)(C)C(=O)OCCN.CCC(C)=N.CCC(C)c1c(F)cc(F)c(F)c1F.CCC(C)c1ccccc1.CCC(C)c1ccccc1.CCCl.F.O.O. The summed E-state index contributed by atoms with van der Waals surface area (Å²) in [6, 6.07) is 21.6. The zero-order valence-corrected chi connectivity index (χ0v) is 36.7. The summed E-state index contributed by atoms with van der Waals surface area (Å²) < 4.78 is 56.4. The maximum absolute atomic E-state index is 13.1. The van der Waals surface area contributed by atoms with Crippen molar-refractivity contribution < 1.29 is 42.7 Å². The number of hydrogen-bond acceptors (Lipinski definition) is 4. The first kappa shape index (κ1) is 68.3. The predicted octanol–water partition coefficient (Wildman–Crippen LogP) is 12.9. The first-order valence-corrected chi connectivity index (χ1v) is 19.3. The van der Waals surface area contributed by atoms with E-state index < -0.39 is 29.2 Å². The molecule has 0 amide bonds. The van der Waals surface area contributed by atoms with E-state index in [1.165, 1.54) is 24.0 Å². The molecule has 0 spiro atoms. The largest absolute Gasteiger partial charge is 0.464 e. The summed E-state index contributed by atoms with van der Waals surface area (Å²) in [5, 5.41) is 6.74. The summed E-state index contributed by atoms with van der Waals surface area (Å²) in [6.45, 7) is 24.3. The summed E-state index contributed by atoms with van der Waals surface area (Å²) in [6.07, 6.45) is 4.59. The zero-order chi connectivity index (χ0) is 41.6. The van der Waals surface area contributed by atoms with E-state index >= 15 is 0 Å². The normalized spacial score (nSPS) is 10.9. The smallest absolute Gasteiger partial charge is 0.311 e. The molecule has 3 unspecified atom stereocenters. The van der Waals surface area contributed by atoms with Crippen LogP contribution < -0.4 is 5.73 Å². The number of rotatable bonds is 11. The average Bonchev–Trinajstić information content (AvgIpc) is 3.17. The molecule has 334 valence electrons. The quantitative estimate of drug-likeness (QED) is 0.0496. The van der Waals surface area contributed by atoms with Gasteiger partial charge in [0.1, 0.15) is 12.4 Å². The van der Waals surface area contributed by atoms with Gasteiger partial charge in [0.2, 0.25) is 0 Å². The monoisotopic (exact) mass is 841 g/mol. The van der Waals surface area contributed by atoms with E-state index in [1.54, 1.807) is 20.8 Å². The minimum absolute atomic E-state index is 0. The zero-order valence-electron chi connectivity index (χ0n) is 35.9. The first-order valence-electron chi connectivity index (χ1n) is 18.8. The molecule has 0 aromatic heterocycles. The lowest BCUT2D eigenvalue weighted by Gasteiger charge is -2.19. The highest BCUT2D eigenvalue weighted by Crippen LogP contribution is 2.28. The van der Waals surface area contributed by atoms with E-state index in [1.807, 2.05) is 34.6 Å². The Morgan fingerprint density at radius 1 is 0.754 bits per heavy atom. The molecular weight excluding hydrogens is 763 g/mol. The molecule has 57 heavy (non-hydrogen) atoms. The fourth-order valence-electron chi connectivity index (χ4n) is 3.76. The number of esters is 1. The van der Waals surface area contributed by atoms with E-state index in [9.17, 15) is 22.4 Å². The van der Waals surface area contributed by atoms with Crippen molar-refractivity contribution in [3.63, 3.8) is 0 Å². The number of carbonyl (C=O) groups is 1. The van der Waals surface area contributed by atoms with Gasteiger partial charge in [0.15, 0.2) is 17.5 Å². The molecule has 3 atom stereocenters. The first-order chi connectivity index (χ1) is 24.9. The van der Waals surface area contributed by atoms with Crippen LogP contribution in [0.3, 0.4) is 0 Å². The highest BCUT2D eigenvalue weighted by molar-refractivity contribution is 6.17. The number of nitrogens with two attached hydrogens (primary N) is 1. The molecule has 0 aliphatic carbocycles. The third-order valence-electron chi connectivity index (χ3n) is 8.53. The molecule has 0 aliphatic heterocycles. The van der Waals surface area contributed by atoms with E-state index in [4.69, 9.17) is 27.5 Å². The maximum atomic E-state index is 13.1. The Hall–Kier alpha value is -3.38. The number of halogens is 6. The van der Waals surface area contributed by atoms with Gasteiger partial charge in [0, 0.05) is 29.8 Å². The van der Waals surface area contributed by atoms with Gasteiger partial charge in [-0.1, -0.05) is 130 Å². The van der Waals surface area contributed by atoms with Crippen molar-refractivity contribution in [3.8, 4) is 0 Å². The number of carbonyl (C=O) groups excluding carboxylic acids is 1. The number of benzene rings is 3. The average molecular weight is 842 g/mol. The number of hydrogen-bond donors (Lipinski definition) is 2. The van der Waals surface area contributed by atoms with Crippen LogP contribution in [0.4, 0.5) is 22.3 Å². The minimum Gasteiger partial charge on any atom is -0.464 e. The van der Waals surface area contributed by atoms with Crippen molar-refractivity contribution in [2.24, 2.45) is 11.1 Å². The molecule has 3 aromatic carbocycles. The van der Waals surface area contributed by atoms with Crippen LogP contribution >= 0.6 is 11.6 Å². The molecular formula is C45H78ClF5N2O4. The standard InChI is InChI=1S/C10H10F4.2C10H14.C8H17NO2.C4H9N.C2H5Cl.CH4.FH.2H2O/c1-3-5(2)8-6(11)4-7(12)9(13)10(8)14;2*1-3-9(2)10-7-5-4-6-8-10;1-4-8(2,3)7(10)11-6-5-9;1-3-4(2)5;1-2-3;;;;/h4-5H,3H2,1-2H3;2*4-9H,3H2,1-2H3;4-6,9H2,1-3H3;5H,3H2,1-2H3;2H2,1H3;1H4;1H;2*1H2. The highest BCUT2D eigenvalue weighted by atomic mass is 35.5. The summed E-state index contributed by atoms with van der Waals surface area (Å²) in [5.41, 5.74) is 8.09. The van der Waals surface area contributed by atoms with Gasteiger partial charge in [-0.3, -0.25) is 9.50 Å². The van der Waals surface area contributed by atoms with E-state index in [-0.39, 0.29) is 40.0 Å². The van der Waals surface area contributed by atoms with Gasteiger partial charge in [-0.2, -0.15) is 0 Å². The summed E-state index contributed by atoms with van der Waals surface area (Å²) in [4.78, 5) is 11.2. The van der Waals surface area contributed by atoms with Crippen LogP contribution in [0.15, 0.2) is 66.7 Å². The van der Waals surface area contributed by atoms with Crippen LogP contribution in [-0.4, -0.2) is 41.7 Å². The molecule has 6 nitrogen and oxygen atoms in total. The van der Waals surface area contributed by atoms with Gasteiger partial charge in [0.05, 0.1) is 5.41 Å². The second-order valence-corrected chi connectivity index (χ2v) is 13.7. The van der Waals surface area contributed by atoms with Gasteiger partial charge in [-0.05, 0) is 81.8 Å². The lowest BCUT2D eigenvalue weighted by molar-refractivity contribution is -0.153. The Balaban J connectivity index is -0.000000108. The topological polar surface area (TPSA) is 139 Å². The van der Waals surface area contributed by atoms with Crippen molar-refractivity contribution in [2.75, 3.05) is 19.0 Å². The van der Waals surface area contributed by atoms with Crippen molar-refractivity contribution in [1.82, 2.24) is 0 Å². The van der Waals surface area contributed by atoms with Crippen molar-refractivity contribution in [1.29, 1.82) is 5.41 Å². The molecule has 0 fully saturated rings. The van der Waals surface area contributed by atoms with Crippen LogP contribution in [0.25, 0.3) is 0 Å².